The van der Waals surface area contributed by atoms with E-state index in [0.717, 1.165) is 12.8 Å². The lowest BCUT2D eigenvalue weighted by Gasteiger charge is -2.10. The van der Waals surface area contributed by atoms with Gasteiger partial charge in [0, 0.05) is 0 Å². The molecule has 1 amide bonds. The SMILES string of the molecule is CCCCOC(=O)C(C)NC(=O)O. The van der Waals surface area contributed by atoms with Crippen LogP contribution in [-0.4, -0.2) is 29.8 Å². The van der Waals surface area contributed by atoms with Crippen LogP contribution in [0.1, 0.15) is 26.7 Å². The van der Waals surface area contributed by atoms with Crippen molar-refractivity contribution in [2.75, 3.05) is 6.61 Å². The predicted molar refractivity (Wildman–Crippen MR) is 46.5 cm³/mol. The summed E-state index contributed by atoms with van der Waals surface area (Å²) >= 11 is 0. The van der Waals surface area contributed by atoms with E-state index in [2.05, 4.69) is 0 Å². The number of hydrogen-bond donors (Lipinski definition) is 2. The Morgan fingerprint density at radius 1 is 1.54 bits per heavy atom. The topological polar surface area (TPSA) is 75.6 Å². The van der Waals surface area contributed by atoms with Crippen molar-refractivity contribution >= 4 is 12.1 Å². The Morgan fingerprint density at radius 3 is 2.62 bits per heavy atom. The minimum absolute atomic E-state index is 0.348. The molecule has 0 heterocycles. The molecular weight excluding hydrogens is 174 g/mol. The summed E-state index contributed by atoms with van der Waals surface area (Å²) in [5, 5.41) is 10.3. The molecule has 0 saturated carbocycles. The number of amides is 1. The third-order valence-electron chi connectivity index (χ3n) is 1.44. The van der Waals surface area contributed by atoms with Crippen LogP contribution < -0.4 is 5.32 Å². The molecule has 0 radical (unpaired) electrons. The standard InChI is InChI=1S/C8H15NO4/c1-3-4-5-13-7(10)6(2)9-8(11)12/h6,9H,3-5H2,1-2H3,(H,11,12). The van der Waals surface area contributed by atoms with Gasteiger partial charge in [-0.2, -0.15) is 0 Å². The highest BCUT2D eigenvalue weighted by Crippen LogP contribution is 1.92. The van der Waals surface area contributed by atoms with E-state index in [1.54, 1.807) is 0 Å². The van der Waals surface area contributed by atoms with Gasteiger partial charge in [-0.15, -0.1) is 0 Å². The van der Waals surface area contributed by atoms with Crippen molar-refractivity contribution < 1.29 is 19.4 Å². The number of hydrogen-bond acceptors (Lipinski definition) is 3. The van der Waals surface area contributed by atoms with Gasteiger partial charge in [0.1, 0.15) is 6.04 Å². The van der Waals surface area contributed by atoms with Gasteiger partial charge in [-0.3, -0.25) is 0 Å². The zero-order valence-electron chi connectivity index (χ0n) is 7.87. The molecule has 0 aromatic carbocycles. The first-order valence-electron chi connectivity index (χ1n) is 4.24. The summed E-state index contributed by atoms with van der Waals surface area (Å²) < 4.78 is 4.78. The van der Waals surface area contributed by atoms with Gasteiger partial charge in [-0.25, -0.2) is 9.59 Å². The Bertz CT molecular complexity index is 181. The molecule has 5 heteroatoms. The molecule has 0 aliphatic heterocycles. The second kappa shape index (κ2) is 6.28. The van der Waals surface area contributed by atoms with Gasteiger partial charge >= 0.3 is 12.1 Å². The largest absolute Gasteiger partial charge is 0.465 e. The van der Waals surface area contributed by atoms with E-state index in [1.165, 1.54) is 6.92 Å². The van der Waals surface area contributed by atoms with E-state index < -0.39 is 18.1 Å². The van der Waals surface area contributed by atoms with Crippen LogP contribution in [0.25, 0.3) is 0 Å². The molecule has 0 fully saturated rings. The molecule has 0 rings (SSSR count). The third kappa shape index (κ3) is 5.95. The van der Waals surface area contributed by atoms with Crippen molar-refractivity contribution in [3.63, 3.8) is 0 Å². The summed E-state index contributed by atoms with van der Waals surface area (Å²) in [5.41, 5.74) is 0. The molecule has 0 aromatic heterocycles. The monoisotopic (exact) mass is 189 g/mol. The van der Waals surface area contributed by atoms with E-state index in [-0.39, 0.29) is 0 Å². The van der Waals surface area contributed by atoms with Gasteiger partial charge in [0.05, 0.1) is 6.61 Å². The number of esters is 1. The van der Waals surface area contributed by atoms with E-state index in [9.17, 15) is 9.59 Å². The number of carboxylic acid groups (broad SMARTS) is 1. The minimum atomic E-state index is -1.22. The molecule has 0 bridgehead atoms. The normalized spacial score (nSPS) is 11.8. The number of rotatable bonds is 5. The molecule has 0 aromatic rings. The Labute approximate surface area is 77.1 Å². The first-order valence-corrected chi connectivity index (χ1v) is 4.24. The van der Waals surface area contributed by atoms with E-state index in [0.29, 0.717) is 6.61 Å². The fourth-order valence-corrected chi connectivity index (χ4v) is 0.686. The van der Waals surface area contributed by atoms with Crippen molar-refractivity contribution in [3.8, 4) is 0 Å². The highest BCUT2D eigenvalue weighted by molar-refractivity contribution is 5.80. The number of nitrogens with one attached hydrogen (secondary N) is 1. The van der Waals surface area contributed by atoms with Crippen LogP contribution >= 0.6 is 0 Å². The lowest BCUT2D eigenvalue weighted by atomic mass is 10.3. The van der Waals surface area contributed by atoms with Crippen LogP contribution in [0.15, 0.2) is 0 Å². The molecule has 0 aliphatic carbocycles. The maximum Gasteiger partial charge on any atom is 0.405 e. The van der Waals surface area contributed by atoms with Gasteiger partial charge in [0.15, 0.2) is 0 Å². The number of carbonyl (C=O) groups excluding carboxylic acids is 1. The van der Waals surface area contributed by atoms with Gasteiger partial charge < -0.3 is 15.2 Å². The van der Waals surface area contributed by atoms with Crippen LogP contribution in [0.4, 0.5) is 4.79 Å². The first-order chi connectivity index (χ1) is 6.07. The molecule has 2 N–H and O–H groups in total. The van der Waals surface area contributed by atoms with Crippen molar-refractivity contribution in [1.29, 1.82) is 0 Å². The predicted octanol–water partition coefficient (Wildman–Crippen LogP) is 0.986. The zero-order chi connectivity index (χ0) is 10.3. The molecule has 0 spiro atoms. The fraction of sp³-hybridized carbons (Fsp3) is 0.750. The minimum Gasteiger partial charge on any atom is -0.465 e. The van der Waals surface area contributed by atoms with Crippen molar-refractivity contribution in [3.05, 3.63) is 0 Å². The third-order valence-corrected chi connectivity index (χ3v) is 1.44. The van der Waals surface area contributed by atoms with Gasteiger partial charge in [0.25, 0.3) is 0 Å². The fourth-order valence-electron chi connectivity index (χ4n) is 0.686. The molecule has 1 unspecified atom stereocenters. The Hall–Kier alpha value is -1.26. The van der Waals surface area contributed by atoms with Crippen molar-refractivity contribution in [1.82, 2.24) is 5.32 Å². The van der Waals surface area contributed by atoms with Crippen LogP contribution in [0, 0.1) is 0 Å². The summed E-state index contributed by atoms with van der Waals surface area (Å²) in [4.78, 5) is 21.1. The molecule has 76 valence electrons. The highest BCUT2D eigenvalue weighted by Gasteiger charge is 2.15. The summed E-state index contributed by atoms with van der Waals surface area (Å²) in [5.74, 6) is -0.532. The molecule has 5 nitrogen and oxygen atoms in total. The lowest BCUT2D eigenvalue weighted by Crippen LogP contribution is -2.38. The highest BCUT2D eigenvalue weighted by atomic mass is 16.5. The van der Waals surface area contributed by atoms with Gasteiger partial charge in [0.2, 0.25) is 0 Å². The van der Waals surface area contributed by atoms with Crippen LogP contribution in [0.5, 0.6) is 0 Å². The number of unbranched alkanes of at least 4 members (excludes halogenated alkanes) is 1. The van der Waals surface area contributed by atoms with Crippen LogP contribution in [-0.2, 0) is 9.53 Å². The van der Waals surface area contributed by atoms with Gasteiger partial charge in [-0.05, 0) is 13.3 Å². The lowest BCUT2D eigenvalue weighted by molar-refractivity contribution is -0.145. The molecule has 0 saturated heterocycles. The Balaban J connectivity index is 3.63. The van der Waals surface area contributed by atoms with E-state index >= 15 is 0 Å². The van der Waals surface area contributed by atoms with E-state index in [1.807, 2.05) is 12.2 Å². The number of ether oxygens (including phenoxy) is 1. The maximum absolute atomic E-state index is 11.0. The number of carbonyl (C=O) groups is 2. The maximum atomic E-state index is 11.0. The van der Waals surface area contributed by atoms with Crippen LogP contribution in [0.2, 0.25) is 0 Å². The smallest absolute Gasteiger partial charge is 0.405 e. The summed E-state index contributed by atoms with van der Waals surface area (Å²) in [6.07, 6.45) is 0.513. The summed E-state index contributed by atoms with van der Waals surface area (Å²) in [6, 6.07) is -0.797. The molecular formula is C8H15NO4. The Kier molecular flexibility index (Phi) is 5.67. The van der Waals surface area contributed by atoms with Crippen molar-refractivity contribution in [2.45, 2.75) is 32.7 Å². The van der Waals surface area contributed by atoms with Crippen LogP contribution in [0.3, 0.4) is 0 Å². The van der Waals surface area contributed by atoms with Gasteiger partial charge in [-0.1, -0.05) is 13.3 Å². The van der Waals surface area contributed by atoms with Crippen molar-refractivity contribution in [2.24, 2.45) is 0 Å². The second-order valence-electron chi connectivity index (χ2n) is 2.69. The average molecular weight is 189 g/mol. The summed E-state index contributed by atoms with van der Waals surface area (Å²) in [6.45, 7) is 3.77. The average Bonchev–Trinajstić information content (AvgIpc) is 2.03. The second-order valence-corrected chi connectivity index (χ2v) is 2.69. The van der Waals surface area contributed by atoms with E-state index in [4.69, 9.17) is 9.84 Å². The summed E-state index contributed by atoms with van der Waals surface area (Å²) in [7, 11) is 0. The molecule has 0 aliphatic rings. The molecule has 1 atom stereocenters. The quantitative estimate of drug-likeness (QED) is 0.499. The zero-order valence-corrected chi connectivity index (χ0v) is 7.87. The molecule has 13 heavy (non-hydrogen) atoms. The Morgan fingerprint density at radius 2 is 2.15 bits per heavy atom. The first kappa shape index (κ1) is 11.7.